The Labute approximate surface area is 190 Å². The van der Waals surface area contributed by atoms with Crippen LogP contribution < -0.4 is 20.1 Å². The fourth-order valence-electron chi connectivity index (χ4n) is 2.99. The minimum atomic E-state index is -4.46. The van der Waals surface area contributed by atoms with E-state index in [1.54, 1.807) is 42.3 Å². The zero-order valence-electron chi connectivity index (χ0n) is 18.8. The van der Waals surface area contributed by atoms with Gasteiger partial charge >= 0.3 is 6.18 Å². The second kappa shape index (κ2) is 12.1. The largest absolute Gasteiger partial charge is 0.490 e. The maximum atomic E-state index is 12.4. The highest BCUT2D eigenvalue weighted by Crippen LogP contribution is 2.30. The standard InChI is InChI=1S/C23H28F3N3O4/c1-4-32-19-11-10-18(12-20(19)33-5-2)28-21(30)14-29(3)13-16-6-8-17(9-7-16)22(31)27-15-23(24,25)26/h6-12H,4-5,13-15H2,1-3H3,(H,27,31)(H,28,30). The number of ether oxygens (including phenoxy) is 2. The molecule has 0 aliphatic rings. The second-order valence-corrected chi connectivity index (χ2v) is 7.24. The first kappa shape index (κ1) is 26.0. The van der Waals surface area contributed by atoms with Crippen molar-refractivity contribution in [3.8, 4) is 11.5 Å². The lowest BCUT2D eigenvalue weighted by atomic mass is 10.1. The first-order chi connectivity index (χ1) is 15.6. The fourth-order valence-corrected chi connectivity index (χ4v) is 2.99. The summed E-state index contributed by atoms with van der Waals surface area (Å²) < 4.78 is 47.7. The molecule has 10 heteroatoms. The number of amides is 2. The minimum absolute atomic E-state index is 0.102. The Morgan fingerprint density at radius 2 is 1.61 bits per heavy atom. The van der Waals surface area contributed by atoms with Gasteiger partial charge in [0.2, 0.25) is 5.91 Å². The summed E-state index contributed by atoms with van der Waals surface area (Å²) in [5.74, 6) is 0.121. The number of halogens is 3. The van der Waals surface area contributed by atoms with Gasteiger partial charge in [-0.2, -0.15) is 13.2 Å². The van der Waals surface area contributed by atoms with Crippen LogP contribution in [0.15, 0.2) is 42.5 Å². The summed E-state index contributed by atoms with van der Waals surface area (Å²) in [5.41, 5.74) is 1.51. The number of benzene rings is 2. The number of rotatable bonds is 11. The van der Waals surface area contributed by atoms with Gasteiger partial charge in [0.25, 0.3) is 5.91 Å². The van der Waals surface area contributed by atoms with Gasteiger partial charge in [-0.05, 0) is 50.7 Å². The summed E-state index contributed by atoms with van der Waals surface area (Å²) in [5, 5.41) is 4.64. The third kappa shape index (κ3) is 9.01. The van der Waals surface area contributed by atoms with E-state index in [-0.39, 0.29) is 18.0 Å². The molecule has 0 unspecified atom stereocenters. The van der Waals surface area contributed by atoms with E-state index in [0.29, 0.717) is 36.9 Å². The van der Waals surface area contributed by atoms with Crippen LogP contribution >= 0.6 is 0 Å². The van der Waals surface area contributed by atoms with E-state index in [2.05, 4.69) is 5.32 Å². The number of likely N-dealkylation sites (N-methyl/N-ethyl adjacent to an activating group) is 1. The summed E-state index contributed by atoms with van der Waals surface area (Å²) in [6, 6.07) is 11.3. The van der Waals surface area contributed by atoms with Crippen molar-refractivity contribution >= 4 is 17.5 Å². The van der Waals surface area contributed by atoms with Gasteiger partial charge in [-0.3, -0.25) is 14.5 Å². The van der Waals surface area contributed by atoms with Crippen LogP contribution in [-0.4, -0.2) is 56.2 Å². The Morgan fingerprint density at radius 3 is 2.21 bits per heavy atom. The molecule has 0 atom stereocenters. The Morgan fingerprint density at radius 1 is 0.970 bits per heavy atom. The molecule has 2 aromatic rings. The number of carbonyl (C=O) groups excluding carboxylic acids is 2. The topological polar surface area (TPSA) is 79.9 Å². The SMILES string of the molecule is CCOc1ccc(NC(=O)CN(C)Cc2ccc(C(=O)NCC(F)(F)F)cc2)cc1OCC. The van der Waals surface area contributed by atoms with Gasteiger partial charge in [0.1, 0.15) is 6.54 Å². The highest BCUT2D eigenvalue weighted by Gasteiger charge is 2.27. The van der Waals surface area contributed by atoms with Gasteiger partial charge < -0.3 is 20.1 Å². The summed E-state index contributed by atoms with van der Waals surface area (Å²) in [7, 11) is 1.76. The monoisotopic (exact) mass is 467 g/mol. The molecule has 7 nitrogen and oxygen atoms in total. The van der Waals surface area contributed by atoms with Crippen molar-refractivity contribution in [2.24, 2.45) is 0 Å². The molecule has 180 valence electrons. The molecule has 0 saturated carbocycles. The van der Waals surface area contributed by atoms with E-state index >= 15 is 0 Å². The zero-order valence-corrected chi connectivity index (χ0v) is 18.8. The first-order valence-corrected chi connectivity index (χ1v) is 10.4. The number of hydrogen-bond acceptors (Lipinski definition) is 5. The molecular formula is C23H28F3N3O4. The maximum Gasteiger partial charge on any atom is 0.405 e. The number of carbonyl (C=O) groups is 2. The van der Waals surface area contributed by atoms with Crippen molar-refractivity contribution in [3.63, 3.8) is 0 Å². The number of anilines is 1. The van der Waals surface area contributed by atoms with E-state index in [1.807, 2.05) is 19.2 Å². The van der Waals surface area contributed by atoms with E-state index < -0.39 is 18.6 Å². The minimum Gasteiger partial charge on any atom is -0.490 e. The van der Waals surface area contributed by atoms with E-state index in [0.717, 1.165) is 5.56 Å². The van der Waals surface area contributed by atoms with Crippen LogP contribution in [0.2, 0.25) is 0 Å². The average Bonchev–Trinajstić information content (AvgIpc) is 2.74. The van der Waals surface area contributed by atoms with Crippen LogP contribution in [0.5, 0.6) is 11.5 Å². The van der Waals surface area contributed by atoms with Gasteiger partial charge in [-0.15, -0.1) is 0 Å². The van der Waals surface area contributed by atoms with Gasteiger partial charge in [-0.25, -0.2) is 0 Å². The summed E-state index contributed by atoms with van der Waals surface area (Å²) in [6.07, 6.45) is -4.46. The molecule has 0 aromatic heterocycles. The zero-order chi connectivity index (χ0) is 24.4. The van der Waals surface area contributed by atoms with E-state index in [1.165, 1.54) is 12.1 Å². The van der Waals surface area contributed by atoms with Crippen molar-refractivity contribution < 1.29 is 32.2 Å². The van der Waals surface area contributed by atoms with Crippen LogP contribution in [0.4, 0.5) is 18.9 Å². The highest BCUT2D eigenvalue weighted by atomic mass is 19.4. The normalized spacial score (nSPS) is 11.2. The molecule has 2 rings (SSSR count). The summed E-state index contributed by atoms with van der Waals surface area (Å²) >= 11 is 0. The third-order valence-corrected chi connectivity index (χ3v) is 4.36. The van der Waals surface area contributed by atoms with Crippen LogP contribution in [0.25, 0.3) is 0 Å². The predicted molar refractivity (Wildman–Crippen MR) is 119 cm³/mol. The Bertz CT molecular complexity index is 934. The van der Waals surface area contributed by atoms with E-state index in [4.69, 9.17) is 9.47 Å². The lowest BCUT2D eigenvalue weighted by Gasteiger charge is -2.17. The molecule has 2 N–H and O–H groups in total. The average molecular weight is 467 g/mol. The number of nitrogens with zero attached hydrogens (tertiary/aromatic N) is 1. The van der Waals surface area contributed by atoms with Crippen molar-refractivity contribution in [1.82, 2.24) is 10.2 Å². The summed E-state index contributed by atoms with van der Waals surface area (Å²) in [4.78, 5) is 26.0. The Balaban J connectivity index is 1.89. The molecule has 0 spiro atoms. The maximum absolute atomic E-state index is 12.4. The van der Waals surface area contributed by atoms with Crippen molar-refractivity contribution in [1.29, 1.82) is 0 Å². The predicted octanol–water partition coefficient (Wildman–Crippen LogP) is 3.85. The van der Waals surface area contributed by atoms with E-state index in [9.17, 15) is 22.8 Å². The highest BCUT2D eigenvalue weighted by molar-refractivity contribution is 5.94. The first-order valence-electron chi connectivity index (χ1n) is 10.4. The smallest absolute Gasteiger partial charge is 0.405 e. The molecular weight excluding hydrogens is 439 g/mol. The number of alkyl halides is 3. The quantitative estimate of drug-likeness (QED) is 0.525. The van der Waals surface area contributed by atoms with Gasteiger partial charge in [0.05, 0.1) is 19.8 Å². The lowest BCUT2D eigenvalue weighted by molar-refractivity contribution is -0.123. The molecule has 0 radical (unpaired) electrons. The number of hydrogen-bond donors (Lipinski definition) is 2. The lowest BCUT2D eigenvalue weighted by Crippen LogP contribution is -2.33. The molecule has 0 saturated heterocycles. The molecule has 2 amide bonds. The second-order valence-electron chi connectivity index (χ2n) is 7.24. The van der Waals surface area contributed by atoms with Gasteiger partial charge in [0, 0.05) is 23.9 Å². The van der Waals surface area contributed by atoms with Crippen molar-refractivity contribution in [3.05, 3.63) is 53.6 Å². The molecule has 0 fully saturated rings. The molecule has 2 aromatic carbocycles. The molecule has 33 heavy (non-hydrogen) atoms. The van der Waals surface area contributed by atoms with Crippen molar-refractivity contribution in [2.45, 2.75) is 26.6 Å². The van der Waals surface area contributed by atoms with Crippen molar-refractivity contribution in [2.75, 3.05) is 38.7 Å². The van der Waals surface area contributed by atoms with Crippen LogP contribution in [0.1, 0.15) is 29.8 Å². The van der Waals surface area contributed by atoms with Crippen LogP contribution in [0, 0.1) is 0 Å². The third-order valence-electron chi connectivity index (χ3n) is 4.36. The van der Waals surface area contributed by atoms with Gasteiger partial charge in [0.15, 0.2) is 11.5 Å². The molecule has 0 aliphatic carbocycles. The fraction of sp³-hybridized carbons (Fsp3) is 0.391. The molecule has 0 aliphatic heterocycles. The summed E-state index contributed by atoms with van der Waals surface area (Å²) in [6.45, 7) is 3.82. The molecule has 0 heterocycles. The van der Waals surface area contributed by atoms with Crippen LogP contribution in [0.3, 0.4) is 0 Å². The van der Waals surface area contributed by atoms with Gasteiger partial charge in [-0.1, -0.05) is 12.1 Å². The van der Waals surface area contributed by atoms with Crippen LogP contribution in [-0.2, 0) is 11.3 Å². The number of nitrogens with one attached hydrogen (secondary N) is 2. The molecule has 0 bridgehead atoms. The Kier molecular flexibility index (Phi) is 9.53. The Hall–Kier alpha value is -3.27.